The lowest BCUT2D eigenvalue weighted by Gasteiger charge is -2.35. The summed E-state index contributed by atoms with van der Waals surface area (Å²) < 4.78 is 5.73. The quantitative estimate of drug-likeness (QED) is 0.777. The number of carbonyl (C=O) groups excluding carboxylic acids is 2. The Kier molecular flexibility index (Phi) is 7.27. The van der Waals surface area contributed by atoms with Crippen LogP contribution in [0.25, 0.3) is 0 Å². The van der Waals surface area contributed by atoms with Crippen LogP contribution in [0.3, 0.4) is 0 Å². The zero-order valence-electron chi connectivity index (χ0n) is 18.2. The summed E-state index contributed by atoms with van der Waals surface area (Å²) in [7, 11) is 0. The van der Waals surface area contributed by atoms with Crippen molar-refractivity contribution in [2.24, 2.45) is 0 Å². The Labute approximate surface area is 183 Å². The van der Waals surface area contributed by atoms with Crippen LogP contribution in [0.4, 0.5) is 5.69 Å². The molecular formula is C24H28N4O3. The molecular weight excluding hydrogens is 392 g/mol. The van der Waals surface area contributed by atoms with Crippen molar-refractivity contribution in [3.05, 3.63) is 59.2 Å². The number of benzene rings is 2. The van der Waals surface area contributed by atoms with E-state index in [0.717, 1.165) is 16.8 Å². The Morgan fingerprint density at radius 1 is 1.10 bits per heavy atom. The molecule has 1 fully saturated rings. The second kappa shape index (κ2) is 10.1. The number of hydrogen-bond acceptors (Lipinski definition) is 5. The second-order valence-electron chi connectivity index (χ2n) is 7.79. The van der Waals surface area contributed by atoms with Gasteiger partial charge in [0.15, 0.2) is 6.10 Å². The van der Waals surface area contributed by atoms with Gasteiger partial charge in [0.25, 0.3) is 5.91 Å². The number of amides is 2. The third-order valence-electron chi connectivity index (χ3n) is 5.57. The van der Waals surface area contributed by atoms with Gasteiger partial charge in [0.05, 0.1) is 18.2 Å². The SMILES string of the molecule is Cc1cccc(NC(=O)CN2CCN(C(=O)[C@H](C)Oc3ccc(C#N)cc3)CC2)c1C. The van der Waals surface area contributed by atoms with E-state index in [1.807, 2.05) is 32.0 Å². The minimum Gasteiger partial charge on any atom is -0.481 e. The van der Waals surface area contributed by atoms with Crippen LogP contribution >= 0.6 is 0 Å². The molecule has 2 aromatic rings. The van der Waals surface area contributed by atoms with Crippen LogP contribution in [0.2, 0.25) is 0 Å². The predicted molar refractivity (Wildman–Crippen MR) is 119 cm³/mol. The van der Waals surface area contributed by atoms with E-state index in [-0.39, 0.29) is 11.8 Å². The maximum Gasteiger partial charge on any atom is 0.263 e. The average molecular weight is 421 g/mol. The van der Waals surface area contributed by atoms with Gasteiger partial charge < -0.3 is 15.0 Å². The number of anilines is 1. The number of rotatable bonds is 6. The maximum absolute atomic E-state index is 12.7. The monoisotopic (exact) mass is 420 g/mol. The number of hydrogen-bond donors (Lipinski definition) is 1. The van der Waals surface area contributed by atoms with Crippen LogP contribution in [0.1, 0.15) is 23.6 Å². The van der Waals surface area contributed by atoms with Gasteiger partial charge in [0.1, 0.15) is 5.75 Å². The number of nitrogens with zero attached hydrogens (tertiary/aromatic N) is 3. The number of piperazine rings is 1. The zero-order valence-corrected chi connectivity index (χ0v) is 18.2. The normalized spacial score (nSPS) is 15.1. The summed E-state index contributed by atoms with van der Waals surface area (Å²) in [5, 5.41) is 11.8. The Morgan fingerprint density at radius 3 is 2.42 bits per heavy atom. The van der Waals surface area contributed by atoms with Crippen LogP contribution in [0.5, 0.6) is 5.75 Å². The first-order valence-corrected chi connectivity index (χ1v) is 10.4. The zero-order chi connectivity index (χ0) is 22.4. The van der Waals surface area contributed by atoms with E-state index in [2.05, 4.69) is 16.3 Å². The minimum absolute atomic E-state index is 0.0500. The molecule has 0 saturated carbocycles. The first-order valence-electron chi connectivity index (χ1n) is 10.4. The first-order chi connectivity index (χ1) is 14.9. The summed E-state index contributed by atoms with van der Waals surface area (Å²) in [4.78, 5) is 29.0. The largest absolute Gasteiger partial charge is 0.481 e. The van der Waals surface area contributed by atoms with Gasteiger partial charge in [-0.25, -0.2) is 0 Å². The highest BCUT2D eigenvalue weighted by Crippen LogP contribution is 2.18. The summed E-state index contributed by atoms with van der Waals surface area (Å²) in [6, 6.07) is 14.6. The smallest absolute Gasteiger partial charge is 0.263 e. The number of nitriles is 1. The van der Waals surface area contributed by atoms with Crippen LogP contribution < -0.4 is 10.1 Å². The molecule has 1 aliphatic heterocycles. The fourth-order valence-electron chi connectivity index (χ4n) is 3.53. The molecule has 1 atom stereocenters. The minimum atomic E-state index is -0.618. The maximum atomic E-state index is 12.7. The summed E-state index contributed by atoms with van der Waals surface area (Å²) in [6.45, 7) is 8.42. The van der Waals surface area contributed by atoms with Crippen molar-refractivity contribution in [3.8, 4) is 11.8 Å². The molecule has 1 N–H and O–H groups in total. The third-order valence-corrected chi connectivity index (χ3v) is 5.57. The van der Waals surface area contributed by atoms with Gasteiger partial charge in [0.2, 0.25) is 5.91 Å². The van der Waals surface area contributed by atoms with E-state index >= 15 is 0 Å². The van der Waals surface area contributed by atoms with Crippen molar-refractivity contribution < 1.29 is 14.3 Å². The summed E-state index contributed by atoms with van der Waals surface area (Å²) in [6.07, 6.45) is -0.618. The van der Waals surface area contributed by atoms with E-state index in [4.69, 9.17) is 10.00 Å². The first kappa shape index (κ1) is 22.3. The molecule has 1 saturated heterocycles. The molecule has 2 aromatic carbocycles. The van der Waals surface area contributed by atoms with Crippen LogP contribution in [-0.4, -0.2) is 60.4 Å². The van der Waals surface area contributed by atoms with Gasteiger partial charge in [-0.1, -0.05) is 12.1 Å². The van der Waals surface area contributed by atoms with E-state index in [1.165, 1.54) is 0 Å². The Balaban J connectivity index is 1.46. The number of carbonyl (C=O) groups is 2. The molecule has 162 valence electrons. The van der Waals surface area contributed by atoms with Gasteiger partial charge in [-0.15, -0.1) is 0 Å². The lowest BCUT2D eigenvalue weighted by atomic mass is 10.1. The number of aryl methyl sites for hydroxylation is 1. The van der Waals surface area contributed by atoms with Gasteiger partial charge >= 0.3 is 0 Å². The second-order valence-corrected chi connectivity index (χ2v) is 7.79. The fraction of sp³-hybridized carbons (Fsp3) is 0.375. The molecule has 3 rings (SSSR count). The fourth-order valence-corrected chi connectivity index (χ4v) is 3.53. The molecule has 7 nitrogen and oxygen atoms in total. The Bertz CT molecular complexity index is 973. The number of ether oxygens (including phenoxy) is 1. The van der Waals surface area contributed by atoms with Crippen molar-refractivity contribution in [1.29, 1.82) is 5.26 Å². The standard InChI is InChI=1S/C24H28N4O3/c1-17-5-4-6-22(18(17)2)26-23(29)16-27-11-13-28(14-12-27)24(30)19(3)31-21-9-7-20(15-25)8-10-21/h4-10,19H,11-14,16H2,1-3H3,(H,26,29)/t19-/m0/s1. The molecule has 7 heteroatoms. The van der Waals surface area contributed by atoms with Crippen molar-refractivity contribution >= 4 is 17.5 Å². The van der Waals surface area contributed by atoms with Crippen molar-refractivity contribution in [2.75, 3.05) is 38.0 Å². The van der Waals surface area contributed by atoms with Crippen molar-refractivity contribution in [3.63, 3.8) is 0 Å². The topological polar surface area (TPSA) is 85.7 Å². The van der Waals surface area contributed by atoms with Crippen LogP contribution in [-0.2, 0) is 9.59 Å². The molecule has 0 bridgehead atoms. The molecule has 0 aromatic heterocycles. The highest BCUT2D eigenvalue weighted by atomic mass is 16.5. The molecule has 0 unspecified atom stereocenters. The highest BCUT2D eigenvalue weighted by Gasteiger charge is 2.26. The molecule has 2 amide bonds. The van der Waals surface area contributed by atoms with Crippen LogP contribution in [0.15, 0.2) is 42.5 Å². The van der Waals surface area contributed by atoms with E-state index in [0.29, 0.717) is 44.0 Å². The predicted octanol–water partition coefficient (Wildman–Crippen LogP) is 2.73. The van der Waals surface area contributed by atoms with Crippen molar-refractivity contribution in [2.45, 2.75) is 26.9 Å². The van der Waals surface area contributed by atoms with E-state index in [1.54, 1.807) is 36.1 Å². The molecule has 0 spiro atoms. The molecule has 0 radical (unpaired) electrons. The molecule has 0 aliphatic carbocycles. The summed E-state index contributed by atoms with van der Waals surface area (Å²) in [5.74, 6) is 0.427. The van der Waals surface area contributed by atoms with E-state index < -0.39 is 6.10 Å². The molecule has 31 heavy (non-hydrogen) atoms. The van der Waals surface area contributed by atoms with Gasteiger partial charge in [-0.05, 0) is 62.2 Å². The summed E-state index contributed by atoms with van der Waals surface area (Å²) in [5.41, 5.74) is 3.60. The lowest BCUT2D eigenvalue weighted by molar-refractivity contribution is -0.139. The Morgan fingerprint density at radius 2 is 1.77 bits per heavy atom. The average Bonchev–Trinajstić information content (AvgIpc) is 2.77. The molecule has 1 aliphatic rings. The third kappa shape index (κ3) is 5.83. The Hall–Kier alpha value is -3.37. The van der Waals surface area contributed by atoms with Crippen LogP contribution in [0, 0.1) is 25.2 Å². The van der Waals surface area contributed by atoms with Gasteiger partial charge in [0, 0.05) is 31.9 Å². The number of nitrogens with one attached hydrogen (secondary N) is 1. The van der Waals surface area contributed by atoms with Crippen molar-refractivity contribution in [1.82, 2.24) is 9.80 Å². The highest BCUT2D eigenvalue weighted by molar-refractivity contribution is 5.93. The molecule has 1 heterocycles. The summed E-state index contributed by atoms with van der Waals surface area (Å²) >= 11 is 0. The van der Waals surface area contributed by atoms with E-state index in [9.17, 15) is 9.59 Å². The van der Waals surface area contributed by atoms with Gasteiger partial charge in [-0.2, -0.15) is 5.26 Å². The lowest BCUT2D eigenvalue weighted by Crippen LogP contribution is -2.53. The van der Waals surface area contributed by atoms with Gasteiger partial charge in [-0.3, -0.25) is 14.5 Å².